The highest BCUT2D eigenvalue weighted by molar-refractivity contribution is 4.90. The second-order valence-electron chi connectivity index (χ2n) is 3.35. The zero-order chi connectivity index (χ0) is 7.78. The van der Waals surface area contributed by atoms with E-state index in [1.807, 2.05) is 13.8 Å². The average molecular weight is 145 g/mol. The lowest BCUT2D eigenvalue weighted by atomic mass is 9.91. The molecule has 2 atom stereocenters. The van der Waals surface area contributed by atoms with Crippen molar-refractivity contribution in [2.24, 2.45) is 5.73 Å². The minimum atomic E-state index is -0.527. The smallest absolute Gasteiger partial charge is 0.0975 e. The first-order chi connectivity index (χ1) is 4.54. The molecular weight excluding hydrogens is 130 g/mol. The van der Waals surface area contributed by atoms with Crippen LogP contribution in [-0.4, -0.2) is 29.5 Å². The highest BCUT2D eigenvalue weighted by Crippen LogP contribution is 2.23. The van der Waals surface area contributed by atoms with Crippen LogP contribution in [0, 0.1) is 0 Å². The van der Waals surface area contributed by atoms with Crippen molar-refractivity contribution in [2.75, 3.05) is 6.61 Å². The van der Waals surface area contributed by atoms with E-state index in [9.17, 15) is 5.11 Å². The van der Waals surface area contributed by atoms with Crippen LogP contribution in [0.1, 0.15) is 20.3 Å². The molecule has 1 heterocycles. The first-order valence-corrected chi connectivity index (χ1v) is 3.61. The van der Waals surface area contributed by atoms with Crippen molar-refractivity contribution in [2.45, 2.75) is 38.0 Å². The molecule has 3 N–H and O–H groups in total. The first kappa shape index (κ1) is 7.98. The summed E-state index contributed by atoms with van der Waals surface area (Å²) in [6.07, 6.45) is 0.228. The Morgan fingerprint density at radius 1 is 1.60 bits per heavy atom. The second-order valence-corrected chi connectivity index (χ2v) is 3.35. The van der Waals surface area contributed by atoms with Crippen LogP contribution in [0.2, 0.25) is 0 Å². The molecule has 1 fully saturated rings. The number of hydrogen-bond acceptors (Lipinski definition) is 3. The van der Waals surface area contributed by atoms with Crippen LogP contribution in [-0.2, 0) is 4.74 Å². The van der Waals surface area contributed by atoms with Crippen molar-refractivity contribution in [1.82, 2.24) is 0 Å². The van der Waals surface area contributed by atoms with Crippen LogP contribution >= 0.6 is 0 Å². The molecule has 0 radical (unpaired) electrons. The van der Waals surface area contributed by atoms with Gasteiger partial charge in [-0.05, 0) is 20.3 Å². The number of nitrogens with two attached hydrogens (primary N) is 1. The third-order valence-corrected chi connectivity index (χ3v) is 2.04. The summed E-state index contributed by atoms with van der Waals surface area (Å²) in [6, 6.07) is -0.122. The molecule has 0 bridgehead atoms. The lowest BCUT2D eigenvalue weighted by Crippen LogP contribution is -2.54. The second kappa shape index (κ2) is 2.49. The van der Waals surface area contributed by atoms with Gasteiger partial charge >= 0.3 is 0 Å². The van der Waals surface area contributed by atoms with Gasteiger partial charge in [0.25, 0.3) is 0 Å². The number of aliphatic hydroxyl groups excluding tert-OH is 1. The van der Waals surface area contributed by atoms with Crippen LogP contribution in [0.25, 0.3) is 0 Å². The highest BCUT2D eigenvalue weighted by atomic mass is 16.5. The van der Waals surface area contributed by atoms with E-state index in [2.05, 4.69) is 0 Å². The average Bonchev–Trinajstić information content (AvgIpc) is 1.83. The van der Waals surface area contributed by atoms with Crippen molar-refractivity contribution in [3.63, 3.8) is 0 Å². The summed E-state index contributed by atoms with van der Waals surface area (Å²) >= 11 is 0. The van der Waals surface area contributed by atoms with Gasteiger partial charge in [0, 0.05) is 12.6 Å². The molecule has 3 nitrogen and oxygen atoms in total. The van der Waals surface area contributed by atoms with Crippen LogP contribution in [0.3, 0.4) is 0 Å². The van der Waals surface area contributed by atoms with Crippen LogP contribution in [0.5, 0.6) is 0 Å². The molecule has 0 amide bonds. The molecule has 0 saturated carbocycles. The summed E-state index contributed by atoms with van der Waals surface area (Å²) in [5.74, 6) is 0. The summed E-state index contributed by atoms with van der Waals surface area (Å²) in [4.78, 5) is 0. The van der Waals surface area contributed by atoms with Crippen molar-refractivity contribution in [3.05, 3.63) is 0 Å². The lowest BCUT2D eigenvalue weighted by Gasteiger charge is -2.38. The normalized spacial score (nSPS) is 39.6. The standard InChI is InChI=1S/C7H15NO2/c1-7(2)6(9)5(8)3-4-10-7/h5-6,9H,3-4,8H2,1-2H3/t5-,6+/m1/s1. The Morgan fingerprint density at radius 3 is 2.60 bits per heavy atom. The Balaban J connectivity index is 2.60. The molecular formula is C7H15NO2. The minimum absolute atomic E-state index is 0.122. The van der Waals surface area contributed by atoms with Crippen molar-refractivity contribution >= 4 is 0 Å². The van der Waals surface area contributed by atoms with Crippen molar-refractivity contribution < 1.29 is 9.84 Å². The monoisotopic (exact) mass is 145 g/mol. The molecule has 1 saturated heterocycles. The topological polar surface area (TPSA) is 55.5 Å². The highest BCUT2D eigenvalue weighted by Gasteiger charge is 2.36. The van der Waals surface area contributed by atoms with Gasteiger partial charge in [-0.15, -0.1) is 0 Å². The summed E-state index contributed by atoms with van der Waals surface area (Å²) in [6.45, 7) is 4.37. The van der Waals surface area contributed by atoms with E-state index in [0.29, 0.717) is 6.61 Å². The molecule has 0 aliphatic carbocycles. The van der Waals surface area contributed by atoms with Gasteiger partial charge in [-0.1, -0.05) is 0 Å². The number of ether oxygens (including phenoxy) is 1. The molecule has 60 valence electrons. The molecule has 0 aromatic heterocycles. The van der Waals surface area contributed by atoms with Crippen molar-refractivity contribution in [3.8, 4) is 0 Å². The minimum Gasteiger partial charge on any atom is -0.389 e. The molecule has 0 unspecified atom stereocenters. The fraction of sp³-hybridized carbons (Fsp3) is 1.00. The molecule has 10 heavy (non-hydrogen) atoms. The fourth-order valence-electron chi connectivity index (χ4n) is 1.22. The summed E-state index contributed by atoms with van der Waals surface area (Å²) in [5, 5.41) is 9.46. The zero-order valence-electron chi connectivity index (χ0n) is 6.50. The quantitative estimate of drug-likeness (QED) is 0.499. The molecule has 0 spiro atoms. The van der Waals surface area contributed by atoms with Crippen LogP contribution in [0.15, 0.2) is 0 Å². The lowest BCUT2D eigenvalue weighted by molar-refractivity contribution is -0.140. The third-order valence-electron chi connectivity index (χ3n) is 2.04. The van der Waals surface area contributed by atoms with Gasteiger partial charge in [0.2, 0.25) is 0 Å². The Kier molecular flexibility index (Phi) is 1.99. The summed E-state index contributed by atoms with van der Waals surface area (Å²) < 4.78 is 5.32. The van der Waals surface area contributed by atoms with Gasteiger partial charge in [0.1, 0.15) is 0 Å². The predicted molar refractivity (Wildman–Crippen MR) is 38.6 cm³/mol. The molecule has 3 heteroatoms. The maximum atomic E-state index is 9.46. The largest absolute Gasteiger partial charge is 0.389 e. The molecule has 1 rings (SSSR count). The van der Waals surface area contributed by atoms with E-state index >= 15 is 0 Å². The predicted octanol–water partition coefficient (Wildman–Crippen LogP) is -0.126. The number of rotatable bonds is 0. The first-order valence-electron chi connectivity index (χ1n) is 3.61. The van der Waals surface area contributed by atoms with Gasteiger partial charge in [-0.25, -0.2) is 0 Å². The number of hydrogen-bond donors (Lipinski definition) is 2. The maximum Gasteiger partial charge on any atom is 0.0975 e. The van der Waals surface area contributed by atoms with E-state index in [4.69, 9.17) is 10.5 Å². The fourth-order valence-corrected chi connectivity index (χ4v) is 1.22. The number of aliphatic hydroxyl groups is 1. The third kappa shape index (κ3) is 1.31. The van der Waals surface area contributed by atoms with Gasteiger partial charge in [0.15, 0.2) is 0 Å². The van der Waals surface area contributed by atoms with E-state index < -0.39 is 11.7 Å². The Hall–Kier alpha value is -0.120. The molecule has 1 aliphatic rings. The van der Waals surface area contributed by atoms with Gasteiger partial charge < -0.3 is 15.6 Å². The Morgan fingerprint density at radius 2 is 2.20 bits per heavy atom. The van der Waals surface area contributed by atoms with Gasteiger partial charge in [0.05, 0.1) is 11.7 Å². The van der Waals surface area contributed by atoms with Gasteiger partial charge in [-0.2, -0.15) is 0 Å². The van der Waals surface area contributed by atoms with Crippen LogP contribution < -0.4 is 5.73 Å². The SMILES string of the molecule is CC1(C)OCC[C@@H](N)[C@@H]1O. The van der Waals surface area contributed by atoms with E-state index in [0.717, 1.165) is 6.42 Å². The maximum absolute atomic E-state index is 9.46. The summed E-state index contributed by atoms with van der Waals surface area (Å²) in [5.41, 5.74) is 5.16. The summed E-state index contributed by atoms with van der Waals surface area (Å²) in [7, 11) is 0. The van der Waals surface area contributed by atoms with Crippen LogP contribution in [0.4, 0.5) is 0 Å². The van der Waals surface area contributed by atoms with Crippen molar-refractivity contribution in [1.29, 1.82) is 0 Å². The van der Waals surface area contributed by atoms with Gasteiger partial charge in [-0.3, -0.25) is 0 Å². The molecule has 0 aromatic rings. The van der Waals surface area contributed by atoms with E-state index in [1.54, 1.807) is 0 Å². The van der Waals surface area contributed by atoms with E-state index in [-0.39, 0.29) is 6.04 Å². The molecule has 0 aromatic carbocycles. The van der Waals surface area contributed by atoms with E-state index in [1.165, 1.54) is 0 Å². The molecule has 1 aliphatic heterocycles. The Bertz CT molecular complexity index is 125. The zero-order valence-corrected chi connectivity index (χ0v) is 6.50. The Labute approximate surface area is 61.2 Å².